The number of hydrogen-bond donors (Lipinski definition) is 0. The number of aryl methyl sites for hydroxylation is 1. The van der Waals surface area contributed by atoms with Gasteiger partial charge in [0, 0.05) is 0 Å². The van der Waals surface area contributed by atoms with E-state index in [-0.39, 0.29) is 0 Å². The van der Waals surface area contributed by atoms with Crippen LogP contribution in [0, 0.1) is 6.92 Å². The van der Waals surface area contributed by atoms with Crippen LogP contribution in [0.2, 0.25) is 0 Å². The number of hydrogen-bond acceptors (Lipinski definition) is 2. The van der Waals surface area contributed by atoms with E-state index < -0.39 is 0 Å². The second-order valence-electron chi connectivity index (χ2n) is 3.19. The zero-order valence-corrected chi connectivity index (χ0v) is 9.86. The molecule has 0 aliphatic carbocycles. The van der Waals surface area contributed by atoms with Crippen LogP contribution >= 0.6 is 15.9 Å². The number of rotatable bonds is 2. The summed E-state index contributed by atoms with van der Waals surface area (Å²) >= 11 is 3.24. The molecular formula is C12H10BrNO. The number of para-hydroxylation sites is 1. The highest BCUT2D eigenvalue weighted by Gasteiger charge is 1.96. The summed E-state index contributed by atoms with van der Waals surface area (Å²) in [4.78, 5) is 4.35. The highest BCUT2D eigenvalue weighted by atomic mass is 79.9. The largest absolute Gasteiger partial charge is 0.448 e. The van der Waals surface area contributed by atoms with E-state index in [1.54, 1.807) is 6.21 Å². The molecule has 0 saturated heterocycles. The number of aliphatic imine (C=N–C) groups is 1. The van der Waals surface area contributed by atoms with E-state index in [1.165, 1.54) is 0 Å². The normalized spacial score (nSPS) is 11.1. The molecular weight excluding hydrogens is 254 g/mol. The van der Waals surface area contributed by atoms with Crippen molar-refractivity contribution >= 4 is 27.8 Å². The predicted octanol–water partition coefficient (Wildman–Crippen LogP) is 4.10. The second kappa shape index (κ2) is 4.45. The summed E-state index contributed by atoms with van der Waals surface area (Å²) in [7, 11) is 0. The molecule has 0 N–H and O–H groups in total. The molecule has 2 aromatic rings. The summed E-state index contributed by atoms with van der Waals surface area (Å²) in [5, 5.41) is 0. The lowest BCUT2D eigenvalue weighted by Gasteiger charge is -1.96. The highest BCUT2D eigenvalue weighted by molar-refractivity contribution is 9.10. The van der Waals surface area contributed by atoms with E-state index in [1.807, 2.05) is 43.3 Å². The summed E-state index contributed by atoms with van der Waals surface area (Å²) in [6, 6.07) is 11.7. The van der Waals surface area contributed by atoms with Gasteiger partial charge in [-0.2, -0.15) is 0 Å². The van der Waals surface area contributed by atoms with Crippen LogP contribution in [0.25, 0.3) is 0 Å². The lowest BCUT2D eigenvalue weighted by atomic mass is 10.2. The average Bonchev–Trinajstić information content (AvgIpc) is 2.63. The van der Waals surface area contributed by atoms with E-state index in [2.05, 4.69) is 20.9 Å². The smallest absolute Gasteiger partial charge is 0.169 e. The molecule has 2 rings (SSSR count). The van der Waals surface area contributed by atoms with Crippen molar-refractivity contribution in [3.63, 3.8) is 0 Å². The van der Waals surface area contributed by atoms with Crippen molar-refractivity contribution in [1.82, 2.24) is 0 Å². The van der Waals surface area contributed by atoms with E-state index in [0.29, 0.717) is 4.67 Å². The van der Waals surface area contributed by atoms with Crippen LogP contribution in [0.4, 0.5) is 5.69 Å². The van der Waals surface area contributed by atoms with Gasteiger partial charge in [0.15, 0.2) is 4.67 Å². The van der Waals surface area contributed by atoms with Crippen molar-refractivity contribution in [3.05, 3.63) is 52.4 Å². The quantitative estimate of drug-likeness (QED) is 0.749. The summed E-state index contributed by atoms with van der Waals surface area (Å²) in [5.74, 6) is 0.741. The Morgan fingerprint density at radius 1 is 1.20 bits per heavy atom. The zero-order valence-electron chi connectivity index (χ0n) is 8.27. The van der Waals surface area contributed by atoms with E-state index >= 15 is 0 Å². The van der Waals surface area contributed by atoms with Gasteiger partial charge >= 0.3 is 0 Å². The molecule has 1 aromatic carbocycles. The van der Waals surface area contributed by atoms with Crippen molar-refractivity contribution in [2.75, 3.05) is 0 Å². The van der Waals surface area contributed by atoms with Crippen molar-refractivity contribution in [2.45, 2.75) is 6.92 Å². The highest BCUT2D eigenvalue weighted by Crippen LogP contribution is 2.18. The van der Waals surface area contributed by atoms with E-state index in [0.717, 1.165) is 17.0 Å². The first-order valence-electron chi connectivity index (χ1n) is 4.61. The first kappa shape index (κ1) is 10.2. The summed E-state index contributed by atoms with van der Waals surface area (Å²) in [6.07, 6.45) is 1.72. The summed E-state index contributed by atoms with van der Waals surface area (Å²) in [5.41, 5.74) is 2.12. The molecule has 0 radical (unpaired) electrons. The van der Waals surface area contributed by atoms with E-state index in [9.17, 15) is 0 Å². The van der Waals surface area contributed by atoms with Crippen molar-refractivity contribution in [3.8, 4) is 0 Å². The van der Waals surface area contributed by atoms with Gasteiger partial charge < -0.3 is 4.42 Å². The molecule has 3 heteroatoms. The summed E-state index contributed by atoms with van der Waals surface area (Å²) < 4.78 is 6.03. The molecule has 15 heavy (non-hydrogen) atoms. The minimum Gasteiger partial charge on any atom is -0.448 e. The third kappa shape index (κ3) is 2.57. The lowest BCUT2D eigenvalue weighted by molar-refractivity contribution is 0.535. The van der Waals surface area contributed by atoms with Crippen LogP contribution in [-0.2, 0) is 0 Å². The fourth-order valence-electron chi connectivity index (χ4n) is 1.24. The third-order valence-electron chi connectivity index (χ3n) is 2.04. The topological polar surface area (TPSA) is 25.5 Å². The van der Waals surface area contributed by atoms with Crippen molar-refractivity contribution in [1.29, 1.82) is 0 Å². The van der Waals surface area contributed by atoms with Gasteiger partial charge in [-0.15, -0.1) is 0 Å². The van der Waals surface area contributed by atoms with Crippen LogP contribution in [0.1, 0.15) is 11.3 Å². The Bertz CT molecular complexity index is 488. The predicted molar refractivity (Wildman–Crippen MR) is 64.8 cm³/mol. The molecule has 2 nitrogen and oxygen atoms in total. The van der Waals surface area contributed by atoms with E-state index in [4.69, 9.17) is 4.42 Å². The van der Waals surface area contributed by atoms with Crippen LogP contribution in [0.5, 0.6) is 0 Å². The second-order valence-corrected chi connectivity index (χ2v) is 3.97. The van der Waals surface area contributed by atoms with Gasteiger partial charge in [0.25, 0.3) is 0 Å². The van der Waals surface area contributed by atoms with Gasteiger partial charge in [0.05, 0.1) is 11.9 Å². The molecule has 0 bridgehead atoms. The fraction of sp³-hybridized carbons (Fsp3) is 0.0833. The molecule has 0 spiro atoms. The maximum absolute atomic E-state index is 5.31. The van der Waals surface area contributed by atoms with Crippen molar-refractivity contribution in [2.24, 2.45) is 4.99 Å². The molecule has 0 saturated carbocycles. The first-order chi connectivity index (χ1) is 7.25. The molecule has 1 aromatic heterocycles. The lowest BCUT2D eigenvalue weighted by Crippen LogP contribution is -1.76. The first-order valence-corrected chi connectivity index (χ1v) is 5.40. The van der Waals surface area contributed by atoms with Crippen LogP contribution < -0.4 is 0 Å². The van der Waals surface area contributed by atoms with Crippen LogP contribution in [0.3, 0.4) is 0 Å². The Hall–Kier alpha value is -1.35. The molecule has 0 unspecified atom stereocenters. The molecule has 0 fully saturated rings. The zero-order chi connectivity index (χ0) is 10.7. The van der Waals surface area contributed by atoms with Gasteiger partial charge in [-0.1, -0.05) is 18.2 Å². The monoisotopic (exact) mass is 263 g/mol. The van der Waals surface area contributed by atoms with Crippen LogP contribution in [-0.4, -0.2) is 6.21 Å². The third-order valence-corrected chi connectivity index (χ3v) is 2.47. The minimum atomic E-state index is 0.716. The van der Waals surface area contributed by atoms with Crippen LogP contribution in [0.15, 0.2) is 50.5 Å². The standard InChI is InChI=1S/C12H10BrNO/c1-9-4-2-3-5-11(9)14-8-10-6-7-12(13)15-10/h2-8H,1H3. The Morgan fingerprint density at radius 2 is 2.00 bits per heavy atom. The molecule has 0 atom stereocenters. The van der Waals surface area contributed by atoms with Gasteiger partial charge in [0.2, 0.25) is 0 Å². The Kier molecular flexibility index (Phi) is 3.02. The fourth-order valence-corrected chi connectivity index (χ4v) is 1.56. The van der Waals surface area contributed by atoms with Gasteiger partial charge in [-0.3, -0.25) is 4.99 Å². The maximum atomic E-state index is 5.31. The molecule has 1 heterocycles. The van der Waals surface area contributed by atoms with Gasteiger partial charge in [-0.25, -0.2) is 0 Å². The van der Waals surface area contributed by atoms with Gasteiger partial charge in [0.1, 0.15) is 5.76 Å². The van der Waals surface area contributed by atoms with Gasteiger partial charge in [-0.05, 0) is 46.6 Å². The molecule has 0 aliphatic heterocycles. The average molecular weight is 264 g/mol. The Balaban J connectivity index is 2.22. The summed E-state index contributed by atoms with van der Waals surface area (Å²) in [6.45, 7) is 2.03. The Morgan fingerprint density at radius 3 is 2.67 bits per heavy atom. The molecule has 0 amide bonds. The molecule has 0 aliphatic rings. The minimum absolute atomic E-state index is 0.716. The number of furan rings is 1. The van der Waals surface area contributed by atoms with Crippen molar-refractivity contribution < 1.29 is 4.42 Å². The SMILES string of the molecule is Cc1ccccc1N=Cc1ccc(Br)o1. The molecule has 76 valence electrons. The maximum Gasteiger partial charge on any atom is 0.169 e. The Labute approximate surface area is 96.8 Å². The number of benzene rings is 1. The number of halogens is 1. The number of nitrogens with zero attached hydrogens (tertiary/aromatic N) is 1.